The Hall–Kier alpha value is -1.47. The average molecular weight is 274 g/mol. The Balaban J connectivity index is 2.09. The van der Waals surface area contributed by atoms with Crippen molar-refractivity contribution in [2.75, 3.05) is 5.32 Å². The summed E-state index contributed by atoms with van der Waals surface area (Å²) in [6, 6.07) is 17.0. The van der Waals surface area contributed by atoms with Crippen molar-refractivity contribution in [2.24, 2.45) is 0 Å². The Bertz CT molecular complexity index is 522. The number of benzene rings is 2. The molecule has 2 rings (SSSR count). The highest BCUT2D eigenvalue weighted by Gasteiger charge is 2.09. The Morgan fingerprint density at radius 3 is 2.47 bits per heavy atom. The first-order chi connectivity index (χ1) is 9.20. The van der Waals surface area contributed by atoms with E-state index in [1.807, 2.05) is 12.1 Å². The molecule has 0 heterocycles. The molecule has 1 unspecified atom stereocenters. The van der Waals surface area contributed by atoms with Gasteiger partial charge >= 0.3 is 0 Å². The van der Waals surface area contributed by atoms with E-state index >= 15 is 0 Å². The maximum atomic E-state index is 6.16. The normalized spacial score (nSPS) is 12.2. The van der Waals surface area contributed by atoms with Gasteiger partial charge in [-0.3, -0.25) is 0 Å². The van der Waals surface area contributed by atoms with Crippen LogP contribution in [0.3, 0.4) is 0 Å². The van der Waals surface area contributed by atoms with E-state index in [9.17, 15) is 0 Å². The van der Waals surface area contributed by atoms with E-state index in [-0.39, 0.29) is 0 Å². The molecule has 0 amide bonds. The van der Waals surface area contributed by atoms with Crippen molar-refractivity contribution >= 4 is 17.3 Å². The van der Waals surface area contributed by atoms with Crippen LogP contribution in [-0.2, 0) is 6.42 Å². The molecule has 0 aliphatic heterocycles. The summed E-state index contributed by atoms with van der Waals surface area (Å²) in [6.07, 6.45) is 2.12. The Labute approximate surface area is 120 Å². The molecule has 0 saturated heterocycles. The monoisotopic (exact) mass is 273 g/mol. The summed E-state index contributed by atoms with van der Waals surface area (Å²) in [5.74, 6) is 0. The van der Waals surface area contributed by atoms with Crippen LogP contribution in [0.4, 0.5) is 5.69 Å². The molecule has 2 aromatic carbocycles. The van der Waals surface area contributed by atoms with E-state index in [4.69, 9.17) is 11.6 Å². The summed E-state index contributed by atoms with van der Waals surface area (Å²) in [7, 11) is 0. The van der Waals surface area contributed by atoms with Crippen LogP contribution in [0.15, 0.2) is 48.5 Å². The molecular formula is C17H20ClN. The van der Waals surface area contributed by atoms with Gasteiger partial charge in [-0.15, -0.1) is 0 Å². The maximum absolute atomic E-state index is 6.16. The molecule has 1 nitrogen and oxygen atoms in total. The van der Waals surface area contributed by atoms with Crippen molar-refractivity contribution in [3.63, 3.8) is 0 Å². The standard InChI is InChI=1S/C17H20ClN/c1-3-15(12-14-8-5-4-6-9-14)19-17-11-7-10-16(18)13(17)2/h4-11,15,19H,3,12H2,1-2H3. The molecule has 0 fully saturated rings. The van der Waals surface area contributed by atoms with Gasteiger partial charge in [0, 0.05) is 16.8 Å². The van der Waals surface area contributed by atoms with Crippen molar-refractivity contribution in [1.29, 1.82) is 0 Å². The van der Waals surface area contributed by atoms with Crippen molar-refractivity contribution in [2.45, 2.75) is 32.7 Å². The smallest absolute Gasteiger partial charge is 0.0455 e. The molecule has 100 valence electrons. The number of nitrogens with one attached hydrogen (secondary N) is 1. The van der Waals surface area contributed by atoms with Crippen LogP contribution in [0, 0.1) is 6.92 Å². The zero-order valence-corrected chi connectivity index (χ0v) is 12.2. The minimum Gasteiger partial charge on any atom is -0.382 e. The molecule has 0 saturated carbocycles. The van der Waals surface area contributed by atoms with Crippen LogP contribution in [0.1, 0.15) is 24.5 Å². The lowest BCUT2D eigenvalue weighted by Gasteiger charge is -2.20. The Morgan fingerprint density at radius 1 is 1.05 bits per heavy atom. The summed E-state index contributed by atoms with van der Waals surface area (Å²) >= 11 is 6.16. The predicted octanol–water partition coefficient (Wildman–Crippen LogP) is 5.08. The molecule has 2 heteroatoms. The van der Waals surface area contributed by atoms with E-state index in [0.717, 1.165) is 29.1 Å². The van der Waals surface area contributed by atoms with Crippen LogP contribution in [0.25, 0.3) is 0 Å². The van der Waals surface area contributed by atoms with Crippen LogP contribution in [-0.4, -0.2) is 6.04 Å². The number of halogens is 1. The molecule has 1 N–H and O–H groups in total. The molecular weight excluding hydrogens is 254 g/mol. The Kier molecular flexibility index (Phi) is 4.86. The fourth-order valence-corrected chi connectivity index (χ4v) is 2.35. The van der Waals surface area contributed by atoms with Gasteiger partial charge in [-0.2, -0.15) is 0 Å². The zero-order valence-electron chi connectivity index (χ0n) is 11.5. The molecule has 19 heavy (non-hydrogen) atoms. The maximum Gasteiger partial charge on any atom is 0.0455 e. The lowest BCUT2D eigenvalue weighted by Crippen LogP contribution is -2.21. The second kappa shape index (κ2) is 6.63. The first-order valence-electron chi connectivity index (χ1n) is 6.76. The molecule has 1 atom stereocenters. The van der Waals surface area contributed by atoms with Crippen LogP contribution >= 0.6 is 11.6 Å². The lowest BCUT2D eigenvalue weighted by molar-refractivity contribution is 0.690. The second-order valence-corrected chi connectivity index (χ2v) is 5.26. The molecule has 0 aliphatic carbocycles. The van der Waals surface area contributed by atoms with E-state index in [1.165, 1.54) is 5.56 Å². The zero-order chi connectivity index (χ0) is 13.7. The van der Waals surface area contributed by atoms with Crippen molar-refractivity contribution in [3.05, 3.63) is 64.7 Å². The summed E-state index contributed by atoms with van der Waals surface area (Å²) < 4.78 is 0. The van der Waals surface area contributed by atoms with Gasteiger partial charge in [-0.05, 0) is 43.0 Å². The van der Waals surface area contributed by atoms with Gasteiger partial charge in [0.05, 0.1) is 0 Å². The quantitative estimate of drug-likeness (QED) is 0.801. The van der Waals surface area contributed by atoms with Gasteiger partial charge < -0.3 is 5.32 Å². The molecule has 0 aromatic heterocycles. The third-order valence-electron chi connectivity index (χ3n) is 3.45. The summed E-state index contributed by atoms with van der Waals surface area (Å²) in [5.41, 5.74) is 3.62. The van der Waals surface area contributed by atoms with Gasteiger partial charge in [0.25, 0.3) is 0 Å². The van der Waals surface area contributed by atoms with Gasteiger partial charge in [0.1, 0.15) is 0 Å². The van der Waals surface area contributed by atoms with Crippen molar-refractivity contribution < 1.29 is 0 Å². The average Bonchev–Trinajstić information content (AvgIpc) is 2.44. The Morgan fingerprint density at radius 2 is 1.79 bits per heavy atom. The van der Waals surface area contributed by atoms with Gasteiger partial charge in [0.2, 0.25) is 0 Å². The largest absolute Gasteiger partial charge is 0.382 e. The first kappa shape index (κ1) is 14.0. The number of hydrogen-bond acceptors (Lipinski definition) is 1. The predicted molar refractivity (Wildman–Crippen MR) is 84.0 cm³/mol. The number of anilines is 1. The topological polar surface area (TPSA) is 12.0 Å². The molecule has 0 spiro atoms. The minimum absolute atomic E-state index is 0.430. The van der Waals surface area contributed by atoms with E-state index < -0.39 is 0 Å². The minimum atomic E-state index is 0.430. The van der Waals surface area contributed by atoms with E-state index in [0.29, 0.717) is 6.04 Å². The first-order valence-corrected chi connectivity index (χ1v) is 7.14. The highest BCUT2D eigenvalue weighted by Crippen LogP contribution is 2.24. The highest BCUT2D eigenvalue weighted by atomic mass is 35.5. The molecule has 2 aromatic rings. The van der Waals surface area contributed by atoms with Crippen molar-refractivity contribution in [1.82, 2.24) is 0 Å². The third-order valence-corrected chi connectivity index (χ3v) is 3.85. The third kappa shape index (κ3) is 3.74. The van der Waals surface area contributed by atoms with Crippen LogP contribution < -0.4 is 5.32 Å². The van der Waals surface area contributed by atoms with Crippen molar-refractivity contribution in [3.8, 4) is 0 Å². The van der Waals surface area contributed by atoms with E-state index in [2.05, 4.69) is 55.6 Å². The summed E-state index contributed by atoms with van der Waals surface area (Å²) in [6.45, 7) is 4.26. The van der Waals surface area contributed by atoms with E-state index in [1.54, 1.807) is 0 Å². The van der Waals surface area contributed by atoms with Gasteiger partial charge in [-0.25, -0.2) is 0 Å². The van der Waals surface area contributed by atoms with Crippen LogP contribution in [0.2, 0.25) is 5.02 Å². The lowest BCUT2D eigenvalue weighted by atomic mass is 10.0. The summed E-state index contributed by atoms with van der Waals surface area (Å²) in [5, 5.41) is 4.42. The number of rotatable bonds is 5. The summed E-state index contributed by atoms with van der Waals surface area (Å²) in [4.78, 5) is 0. The van der Waals surface area contributed by atoms with Gasteiger partial charge in [-0.1, -0.05) is 54.9 Å². The highest BCUT2D eigenvalue weighted by molar-refractivity contribution is 6.31. The molecule has 0 radical (unpaired) electrons. The van der Waals surface area contributed by atoms with Crippen LogP contribution in [0.5, 0.6) is 0 Å². The molecule has 0 aliphatic rings. The fraction of sp³-hybridized carbons (Fsp3) is 0.294. The molecule has 0 bridgehead atoms. The SMILES string of the molecule is CCC(Cc1ccccc1)Nc1cccc(Cl)c1C. The van der Waals surface area contributed by atoms with Gasteiger partial charge in [0.15, 0.2) is 0 Å². The second-order valence-electron chi connectivity index (χ2n) is 4.85. The fourth-order valence-electron chi connectivity index (χ4n) is 2.18. The number of hydrogen-bond donors (Lipinski definition) is 1.